The Labute approximate surface area is 191 Å². The highest BCUT2D eigenvalue weighted by molar-refractivity contribution is 5.94. The van der Waals surface area contributed by atoms with Crippen molar-refractivity contribution in [2.75, 3.05) is 6.54 Å². The summed E-state index contributed by atoms with van der Waals surface area (Å²) in [6.07, 6.45) is 0.598. The van der Waals surface area contributed by atoms with Gasteiger partial charge in [0.05, 0.1) is 18.8 Å². The molecule has 0 fully saturated rings. The number of ether oxygens (including phenoxy) is 1. The van der Waals surface area contributed by atoms with Crippen LogP contribution in [-0.2, 0) is 29.3 Å². The molecule has 0 unspecified atom stereocenters. The van der Waals surface area contributed by atoms with E-state index in [4.69, 9.17) is 4.74 Å². The zero-order chi connectivity index (χ0) is 23.5. The Bertz CT molecular complexity index is 1070. The van der Waals surface area contributed by atoms with E-state index in [1.165, 1.54) is 0 Å². The summed E-state index contributed by atoms with van der Waals surface area (Å²) in [4.78, 5) is 24.1. The first-order valence-corrected chi connectivity index (χ1v) is 10.7. The summed E-state index contributed by atoms with van der Waals surface area (Å²) >= 11 is 0. The first-order chi connectivity index (χ1) is 16.0. The van der Waals surface area contributed by atoms with E-state index in [1.807, 2.05) is 54.6 Å². The minimum Gasteiger partial charge on any atom is -0.372 e. The lowest BCUT2D eigenvalue weighted by Crippen LogP contribution is -2.28. The molecule has 0 aliphatic rings. The van der Waals surface area contributed by atoms with Gasteiger partial charge in [-0.05, 0) is 35.2 Å². The van der Waals surface area contributed by atoms with Gasteiger partial charge < -0.3 is 15.4 Å². The van der Waals surface area contributed by atoms with Crippen LogP contribution in [0.15, 0.2) is 72.8 Å². The summed E-state index contributed by atoms with van der Waals surface area (Å²) in [6.45, 7) is 1.52. The maximum absolute atomic E-state index is 13.6. The molecule has 7 heteroatoms. The van der Waals surface area contributed by atoms with Crippen molar-refractivity contribution < 1.29 is 23.1 Å². The second kappa shape index (κ2) is 12.5. The first-order valence-electron chi connectivity index (χ1n) is 10.7. The van der Waals surface area contributed by atoms with Gasteiger partial charge in [-0.25, -0.2) is 8.78 Å². The summed E-state index contributed by atoms with van der Waals surface area (Å²) in [5, 5.41) is 5.41. The molecule has 0 aliphatic carbocycles. The Morgan fingerprint density at radius 2 is 1.55 bits per heavy atom. The van der Waals surface area contributed by atoms with Crippen LogP contribution in [0.25, 0.3) is 0 Å². The van der Waals surface area contributed by atoms with E-state index in [0.717, 1.165) is 28.8 Å². The quantitative estimate of drug-likeness (QED) is 0.421. The van der Waals surface area contributed by atoms with E-state index in [2.05, 4.69) is 10.6 Å². The van der Waals surface area contributed by atoms with Crippen LogP contribution in [-0.4, -0.2) is 18.4 Å². The molecule has 2 amide bonds. The highest BCUT2D eigenvalue weighted by atomic mass is 19.1. The average Bonchev–Trinajstić information content (AvgIpc) is 2.82. The van der Waals surface area contributed by atoms with Gasteiger partial charge >= 0.3 is 0 Å². The minimum atomic E-state index is -0.920. The van der Waals surface area contributed by atoms with Crippen LogP contribution in [0.2, 0.25) is 0 Å². The van der Waals surface area contributed by atoms with Crippen LogP contribution >= 0.6 is 0 Å². The van der Waals surface area contributed by atoms with Crippen LogP contribution in [0.4, 0.5) is 8.78 Å². The van der Waals surface area contributed by atoms with E-state index in [0.29, 0.717) is 32.2 Å². The average molecular weight is 453 g/mol. The minimum absolute atomic E-state index is 0.155. The number of nitrogens with one attached hydrogen (secondary N) is 2. The number of carbonyl (C=O) groups is 2. The fourth-order valence-electron chi connectivity index (χ4n) is 3.23. The first kappa shape index (κ1) is 24.1. The lowest BCUT2D eigenvalue weighted by molar-refractivity contribution is -0.121. The van der Waals surface area contributed by atoms with Crippen LogP contribution in [0.1, 0.15) is 39.9 Å². The normalized spacial score (nSPS) is 10.6. The van der Waals surface area contributed by atoms with Crippen LogP contribution < -0.4 is 10.6 Å². The highest BCUT2D eigenvalue weighted by Gasteiger charge is 2.12. The molecule has 3 rings (SSSR count). The predicted octanol–water partition coefficient (Wildman–Crippen LogP) is 4.51. The molecule has 0 spiro atoms. The Kier molecular flexibility index (Phi) is 9.08. The molecule has 0 bridgehead atoms. The Morgan fingerprint density at radius 1 is 0.818 bits per heavy atom. The van der Waals surface area contributed by atoms with Crippen LogP contribution in [0, 0.1) is 11.6 Å². The standard InChI is InChI=1S/C26H26F2N2O3/c27-22-12-13-23(24(28)15-22)26(32)29-14-6-11-25(31)30-16-20-9-4-5-10-21(20)18-33-17-19-7-2-1-3-8-19/h1-5,7-10,12-13,15H,6,11,14,16-18H2,(H,29,32)(H,30,31). The van der Waals surface area contributed by atoms with Crippen molar-refractivity contribution in [1.29, 1.82) is 0 Å². The van der Waals surface area contributed by atoms with Gasteiger partial charge in [-0.1, -0.05) is 54.6 Å². The summed E-state index contributed by atoms with van der Waals surface area (Å²) in [5.41, 5.74) is 2.84. The molecule has 33 heavy (non-hydrogen) atoms. The second-order valence-electron chi connectivity index (χ2n) is 7.51. The van der Waals surface area contributed by atoms with E-state index in [1.54, 1.807) is 0 Å². The van der Waals surface area contributed by atoms with Crippen molar-refractivity contribution in [2.24, 2.45) is 0 Å². The molecular weight excluding hydrogens is 426 g/mol. The number of rotatable bonds is 11. The Morgan fingerprint density at radius 3 is 2.30 bits per heavy atom. The van der Waals surface area contributed by atoms with Crippen molar-refractivity contribution in [3.8, 4) is 0 Å². The van der Waals surface area contributed by atoms with Gasteiger partial charge in [0.25, 0.3) is 5.91 Å². The zero-order valence-electron chi connectivity index (χ0n) is 18.2. The third kappa shape index (κ3) is 7.80. The molecule has 172 valence electrons. The lowest BCUT2D eigenvalue weighted by Gasteiger charge is -2.12. The van der Waals surface area contributed by atoms with Crippen molar-refractivity contribution in [1.82, 2.24) is 10.6 Å². The third-order valence-electron chi connectivity index (χ3n) is 5.01. The fraction of sp³-hybridized carbons (Fsp3) is 0.231. The van der Waals surface area contributed by atoms with Crippen molar-refractivity contribution in [2.45, 2.75) is 32.6 Å². The molecule has 0 heterocycles. The number of hydrogen-bond acceptors (Lipinski definition) is 3. The SMILES string of the molecule is O=C(CCCNC(=O)c1ccc(F)cc1F)NCc1ccccc1COCc1ccccc1. The van der Waals surface area contributed by atoms with Gasteiger partial charge in [-0.15, -0.1) is 0 Å². The molecule has 3 aromatic carbocycles. The zero-order valence-corrected chi connectivity index (χ0v) is 18.2. The predicted molar refractivity (Wildman–Crippen MR) is 121 cm³/mol. The molecule has 0 saturated heterocycles. The van der Waals surface area contributed by atoms with Crippen LogP contribution in [0.3, 0.4) is 0 Å². The third-order valence-corrected chi connectivity index (χ3v) is 5.01. The monoisotopic (exact) mass is 452 g/mol. The lowest BCUT2D eigenvalue weighted by atomic mass is 10.1. The molecule has 2 N–H and O–H groups in total. The molecule has 0 saturated carbocycles. The second-order valence-corrected chi connectivity index (χ2v) is 7.51. The van der Waals surface area contributed by atoms with Crippen molar-refractivity contribution >= 4 is 11.8 Å². The van der Waals surface area contributed by atoms with E-state index < -0.39 is 17.5 Å². The van der Waals surface area contributed by atoms with Gasteiger partial charge in [0.2, 0.25) is 5.91 Å². The molecule has 0 aromatic heterocycles. The Hall–Kier alpha value is -3.58. The maximum atomic E-state index is 13.6. The fourth-order valence-corrected chi connectivity index (χ4v) is 3.23. The van der Waals surface area contributed by atoms with E-state index in [9.17, 15) is 18.4 Å². The molecule has 0 radical (unpaired) electrons. The van der Waals surface area contributed by atoms with Crippen molar-refractivity contribution in [3.05, 3.63) is 107 Å². The highest BCUT2D eigenvalue weighted by Crippen LogP contribution is 2.12. The van der Waals surface area contributed by atoms with E-state index in [-0.39, 0.29) is 24.4 Å². The number of benzene rings is 3. The van der Waals surface area contributed by atoms with Crippen LogP contribution in [0.5, 0.6) is 0 Å². The summed E-state index contributed by atoms with van der Waals surface area (Å²) in [7, 11) is 0. The molecule has 0 atom stereocenters. The van der Waals surface area contributed by atoms with Gasteiger partial charge in [0, 0.05) is 25.6 Å². The van der Waals surface area contributed by atoms with Gasteiger partial charge in [0.15, 0.2) is 0 Å². The topological polar surface area (TPSA) is 67.4 Å². The maximum Gasteiger partial charge on any atom is 0.254 e. The number of hydrogen-bond donors (Lipinski definition) is 2. The summed E-state index contributed by atoms with van der Waals surface area (Å²) in [5.74, 6) is -2.46. The van der Waals surface area contributed by atoms with E-state index >= 15 is 0 Å². The molecule has 3 aromatic rings. The summed E-state index contributed by atoms with van der Waals surface area (Å²) in [6, 6.07) is 20.4. The number of amides is 2. The van der Waals surface area contributed by atoms with Gasteiger partial charge in [0.1, 0.15) is 11.6 Å². The number of halogens is 2. The van der Waals surface area contributed by atoms with Gasteiger partial charge in [-0.2, -0.15) is 0 Å². The number of carbonyl (C=O) groups excluding carboxylic acids is 2. The largest absolute Gasteiger partial charge is 0.372 e. The summed E-state index contributed by atoms with van der Waals surface area (Å²) < 4.78 is 32.4. The van der Waals surface area contributed by atoms with Gasteiger partial charge in [-0.3, -0.25) is 9.59 Å². The molecular formula is C26H26F2N2O3. The smallest absolute Gasteiger partial charge is 0.254 e. The molecule has 5 nitrogen and oxygen atoms in total. The Balaban J connectivity index is 1.37. The van der Waals surface area contributed by atoms with Crippen molar-refractivity contribution in [3.63, 3.8) is 0 Å². The molecule has 0 aliphatic heterocycles.